The molecule has 0 saturated carbocycles. The van der Waals surface area contributed by atoms with E-state index in [0.29, 0.717) is 25.0 Å². The first-order valence-electron chi connectivity index (χ1n) is 6.82. The van der Waals surface area contributed by atoms with Crippen LogP contribution in [0, 0.1) is 5.92 Å². The van der Waals surface area contributed by atoms with E-state index < -0.39 is 0 Å². The monoisotopic (exact) mass is 253 g/mol. The molecule has 5 nitrogen and oxygen atoms in total. The van der Waals surface area contributed by atoms with Crippen LogP contribution in [-0.2, 0) is 9.59 Å². The maximum absolute atomic E-state index is 11.9. The molecule has 2 aliphatic rings. The Morgan fingerprint density at radius 2 is 1.94 bits per heavy atom. The van der Waals surface area contributed by atoms with Gasteiger partial charge in [-0.25, -0.2) is 0 Å². The van der Waals surface area contributed by atoms with Gasteiger partial charge in [-0.15, -0.1) is 0 Å². The largest absolute Gasteiger partial charge is 0.369 e. The molecular weight excluding hydrogens is 230 g/mol. The quantitative estimate of drug-likeness (QED) is 0.781. The fourth-order valence-electron chi connectivity index (χ4n) is 2.99. The molecule has 2 aliphatic heterocycles. The minimum Gasteiger partial charge on any atom is -0.369 e. The van der Waals surface area contributed by atoms with E-state index in [1.165, 1.54) is 0 Å². The summed E-state index contributed by atoms with van der Waals surface area (Å²) in [5.74, 6) is -0.520. The first-order valence-corrected chi connectivity index (χ1v) is 6.82. The molecule has 0 aromatic rings. The Balaban J connectivity index is 1.90. The van der Waals surface area contributed by atoms with Gasteiger partial charge in [-0.2, -0.15) is 0 Å². The maximum atomic E-state index is 11.9. The molecule has 0 aromatic heterocycles. The molecule has 0 spiro atoms. The number of likely N-dealkylation sites (tertiary alicyclic amines) is 2. The van der Waals surface area contributed by atoms with Crippen molar-refractivity contribution in [2.45, 2.75) is 45.2 Å². The second-order valence-corrected chi connectivity index (χ2v) is 5.71. The Hall–Kier alpha value is -1.10. The van der Waals surface area contributed by atoms with Gasteiger partial charge in [0.1, 0.15) is 0 Å². The lowest BCUT2D eigenvalue weighted by molar-refractivity contribution is -0.130. The van der Waals surface area contributed by atoms with Crippen LogP contribution in [0.5, 0.6) is 0 Å². The molecule has 2 rings (SSSR count). The summed E-state index contributed by atoms with van der Waals surface area (Å²) in [7, 11) is 0. The van der Waals surface area contributed by atoms with Crippen molar-refractivity contribution in [2.75, 3.05) is 19.6 Å². The SMILES string of the molecule is CC(C)N1CCC(N2CC(C(N)=O)CC2=O)CC1. The summed E-state index contributed by atoms with van der Waals surface area (Å²) in [5, 5.41) is 0. The van der Waals surface area contributed by atoms with Crippen LogP contribution in [0.3, 0.4) is 0 Å². The molecular formula is C13H23N3O2. The molecule has 2 amide bonds. The van der Waals surface area contributed by atoms with Crippen molar-refractivity contribution in [2.24, 2.45) is 11.7 Å². The molecule has 1 atom stereocenters. The van der Waals surface area contributed by atoms with E-state index in [2.05, 4.69) is 18.7 Å². The van der Waals surface area contributed by atoms with E-state index in [-0.39, 0.29) is 17.7 Å². The number of carbonyl (C=O) groups is 2. The lowest BCUT2D eigenvalue weighted by Gasteiger charge is -2.38. The van der Waals surface area contributed by atoms with Crippen molar-refractivity contribution in [1.29, 1.82) is 0 Å². The van der Waals surface area contributed by atoms with Crippen LogP contribution < -0.4 is 5.73 Å². The van der Waals surface area contributed by atoms with Gasteiger partial charge in [0.2, 0.25) is 11.8 Å². The Morgan fingerprint density at radius 3 is 2.39 bits per heavy atom. The Labute approximate surface area is 108 Å². The maximum Gasteiger partial charge on any atom is 0.223 e. The highest BCUT2D eigenvalue weighted by molar-refractivity contribution is 5.88. The summed E-state index contributed by atoms with van der Waals surface area (Å²) in [4.78, 5) is 27.4. The molecule has 5 heteroatoms. The van der Waals surface area contributed by atoms with Gasteiger partial charge in [0, 0.05) is 38.1 Å². The van der Waals surface area contributed by atoms with Crippen molar-refractivity contribution in [3.63, 3.8) is 0 Å². The lowest BCUT2D eigenvalue weighted by Crippen LogP contribution is -2.47. The number of hydrogen-bond donors (Lipinski definition) is 1. The predicted octanol–water partition coefficient (Wildman–Crippen LogP) is 0.193. The second kappa shape index (κ2) is 5.26. The zero-order chi connectivity index (χ0) is 13.3. The summed E-state index contributed by atoms with van der Waals surface area (Å²) < 4.78 is 0. The first-order chi connectivity index (χ1) is 8.49. The van der Waals surface area contributed by atoms with Gasteiger partial charge in [0.25, 0.3) is 0 Å². The van der Waals surface area contributed by atoms with Crippen LogP contribution in [0.2, 0.25) is 0 Å². The number of nitrogens with two attached hydrogens (primary N) is 1. The molecule has 102 valence electrons. The number of nitrogens with zero attached hydrogens (tertiary/aromatic N) is 2. The molecule has 0 aromatic carbocycles. The fourth-order valence-corrected chi connectivity index (χ4v) is 2.99. The van der Waals surface area contributed by atoms with E-state index in [9.17, 15) is 9.59 Å². The summed E-state index contributed by atoms with van der Waals surface area (Å²) in [5.41, 5.74) is 5.29. The molecule has 18 heavy (non-hydrogen) atoms. The van der Waals surface area contributed by atoms with Crippen molar-refractivity contribution >= 4 is 11.8 Å². The fraction of sp³-hybridized carbons (Fsp3) is 0.846. The molecule has 0 bridgehead atoms. The average molecular weight is 253 g/mol. The molecule has 0 aliphatic carbocycles. The number of piperidine rings is 1. The van der Waals surface area contributed by atoms with E-state index in [1.807, 2.05) is 4.90 Å². The number of carbonyl (C=O) groups excluding carboxylic acids is 2. The molecule has 2 heterocycles. The first kappa shape index (κ1) is 13.3. The third-order valence-electron chi connectivity index (χ3n) is 4.23. The van der Waals surface area contributed by atoms with Crippen LogP contribution in [0.25, 0.3) is 0 Å². The highest BCUT2D eigenvalue weighted by Crippen LogP contribution is 2.25. The highest BCUT2D eigenvalue weighted by Gasteiger charge is 2.38. The normalized spacial score (nSPS) is 27.2. The average Bonchev–Trinajstić information content (AvgIpc) is 2.71. The second-order valence-electron chi connectivity index (χ2n) is 5.71. The van der Waals surface area contributed by atoms with Gasteiger partial charge >= 0.3 is 0 Å². The highest BCUT2D eigenvalue weighted by atomic mass is 16.2. The molecule has 2 N–H and O–H groups in total. The summed E-state index contributed by atoms with van der Waals surface area (Å²) >= 11 is 0. The van der Waals surface area contributed by atoms with Gasteiger partial charge in [-0.1, -0.05) is 0 Å². The Kier molecular flexibility index (Phi) is 3.90. The molecule has 2 fully saturated rings. The Morgan fingerprint density at radius 1 is 1.33 bits per heavy atom. The van der Waals surface area contributed by atoms with E-state index >= 15 is 0 Å². The lowest BCUT2D eigenvalue weighted by atomic mass is 10.0. The minimum absolute atomic E-state index is 0.0989. The van der Waals surface area contributed by atoms with Crippen LogP contribution >= 0.6 is 0 Å². The van der Waals surface area contributed by atoms with E-state index in [0.717, 1.165) is 25.9 Å². The zero-order valence-electron chi connectivity index (χ0n) is 11.3. The Bertz CT molecular complexity index is 335. The van der Waals surface area contributed by atoms with Crippen LogP contribution in [-0.4, -0.2) is 53.3 Å². The van der Waals surface area contributed by atoms with Gasteiger partial charge in [0.05, 0.1) is 5.92 Å². The number of amides is 2. The standard InChI is InChI=1S/C13H23N3O2/c1-9(2)15-5-3-11(4-6-15)16-8-10(13(14)18)7-12(16)17/h9-11H,3-8H2,1-2H3,(H2,14,18). The van der Waals surface area contributed by atoms with Gasteiger partial charge in [0.15, 0.2) is 0 Å². The van der Waals surface area contributed by atoms with Crippen molar-refractivity contribution in [3.05, 3.63) is 0 Å². The van der Waals surface area contributed by atoms with Crippen LogP contribution in [0.1, 0.15) is 33.1 Å². The van der Waals surface area contributed by atoms with Crippen molar-refractivity contribution < 1.29 is 9.59 Å². The van der Waals surface area contributed by atoms with Crippen molar-refractivity contribution in [1.82, 2.24) is 9.80 Å². The molecule has 0 radical (unpaired) electrons. The zero-order valence-corrected chi connectivity index (χ0v) is 11.3. The third kappa shape index (κ3) is 2.66. The topological polar surface area (TPSA) is 66.6 Å². The van der Waals surface area contributed by atoms with E-state index in [4.69, 9.17) is 5.73 Å². The molecule has 2 saturated heterocycles. The smallest absolute Gasteiger partial charge is 0.223 e. The summed E-state index contributed by atoms with van der Waals surface area (Å²) in [6.07, 6.45) is 2.32. The van der Waals surface area contributed by atoms with Gasteiger partial charge in [-0.05, 0) is 26.7 Å². The number of hydrogen-bond acceptors (Lipinski definition) is 3. The summed E-state index contributed by atoms with van der Waals surface area (Å²) in [6.45, 7) is 7.00. The third-order valence-corrected chi connectivity index (χ3v) is 4.23. The molecule has 1 unspecified atom stereocenters. The minimum atomic E-state index is -0.342. The number of rotatable bonds is 3. The van der Waals surface area contributed by atoms with Gasteiger partial charge in [-0.3, -0.25) is 9.59 Å². The number of primary amides is 1. The van der Waals surface area contributed by atoms with Crippen LogP contribution in [0.4, 0.5) is 0 Å². The van der Waals surface area contributed by atoms with E-state index in [1.54, 1.807) is 0 Å². The summed E-state index contributed by atoms with van der Waals surface area (Å²) in [6, 6.07) is 0.871. The van der Waals surface area contributed by atoms with Gasteiger partial charge < -0.3 is 15.5 Å². The van der Waals surface area contributed by atoms with Crippen molar-refractivity contribution in [3.8, 4) is 0 Å². The van der Waals surface area contributed by atoms with Crippen LogP contribution in [0.15, 0.2) is 0 Å². The predicted molar refractivity (Wildman–Crippen MR) is 68.7 cm³/mol.